The van der Waals surface area contributed by atoms with E-state index >= 15 is 0 Å². The number of aromatic nitrogens is 2. The van der Waals surface area contributed by atoms with Crippen LogP contribution in [-0.2, 0) is 10.0 Å². The van der Waals surface area contributed by atoms with E-state index in [2.05, 4.69) is 15.1 Å². The van der Waals surface area contributed by atoms with Gasteiger partial charge < -0.3 is 10.1 Å². The number of para-hydroxylation sites is 2. The highest BCUT2D eigenvalue weighted by Crippen LogP contribution is 2.22. The van der Waals surface area contributed by atoms with Gasteiger partial charge in [0, 0.05) is 12.6 Å². The van der Waals surface area contributed by atoms with Gasteiger partial charge in [-0.3, -0.25) is 0 Å². The lowest BCUT2D eigenvalue weighted by molar-refractivity contribution is 0.411. The van der Waals surface area contributed by atoms with Crippen molar-refractivity contribution in [2.75, 3.05) is 20.7 Å². The van der Waals surface area contributed by atoms with E-state index in [1.54, 1.807) is 26.3 Å². The average molecular weight is 361 g/mol. The largest absolute Gasteiger partial charge is 0.494 e. The summed E-state index contributed by atoms with van der Waals surface area (Å²) in [6.07, 6.45) is 2.78. The molecule has 0 amide bonds. The van der Waals surface area contributed by atoms with Crippen LogP contribution < -0.4 is 14.8 Å². The van der Waals surface area contributed by atoms with Crippen molar-refractivity contribution in [1.29, 1.82) is 0 Å². The third-order valence-corrected chi connectivity index (χ3v) is 4.65. The normalized spacial score (nSPS) is 12.5. The van der Waals surface area contributed by atoms with Gasteiger partial charge in [0.25, 0.3) is 0 Å². The Morgan fingerprint density at radius 2 is 2.04 bits per heavy atom. The fourth-order valence-electron chi connectivity index (χ4n) is 1.82. The van der Waals surface area contributed by atoms with E-state index < -0.39 is 10.0 Å². The van der Waals surface area contributed by atoms with Crippen molar-refractivity contribution in [3.8, 4) is 11.4 Å². The second-order valence-corrected chi connectivity index (χ2v) is 6.60. The third kappa shape index (κ3) is 4.68. The van der Waals surface area contributed by atoms with Crippen LogP contribution in [0.4, 0.5) is 0 Å². The molecule has 0 saturated carbocycles. The van der Waals surface area contributed by atoms with E-state index in [-0.39, 0.29) is 23.3 Å². The molecule has 2 N–H and O–H groups in total. The standard InChI is InChI=1S/C14H20N4O3S.ClH/c1-11(15-2)8-17-22(19,20)12-9-16-18(10-12)13-6-4-5-7-14(13)21-3;/h4-7,9-11,15,17H,8H2,1-3H3;1H. The van der Waals surface area contributed by atoms with Crippen LogP contribution in [0.5, 0.6) is 5.75 Å². The van der Waals surface area contributed by atoms with Gasteiger partial charge >= 0.3 is 0 Å². The summed E-state index contributed by atoms with van der Waals surface area (Å²) in [5, 5.41) is 7.08. The molecule has 1 atom stereocenters. The van der Waals surface area contributed by atoms with Crippen LogP contribution >= 0.6 is 12.4 Å². The van der Waals surface area contributed by atoms with Crippen molar-refractivity contribution >= 4 is 22.4 Å². The Morgan fingerprint density at radius 3 is 2.70 bits per heavy atom. The maximum atomic E-state index is 12.2. The molecule has 1 aromatic carbocycles. The Labute approximate surface area is 142 Å². The highest BCUT2D eigenvalue weighted by molar-refractivity contribution is 7.89. The molecule has 128 valence electrons. The van der Waals surface area contributed by atoms with Crippen LogP contribution in [0.3, 0.4) is 0 Å². The molecule has 2 aromatic rings. The molecule has 1 heterocycles. The summed E-state index contributed by atoms with van der Waals surface area (Å²) in [4.78, 5) is 0.113. The molecule has 0 bridgehead atoms. The molecule has 0 saturated heterocycles. The zero-order valence-electron chi connectivity index (χ0n) is 13.2. The number of benzene rings is 1. The number of nitrogens with zero attached hydrogens (tertiary/aromatic N) is 2. The topological polar surface area (TPSA) is 85.3 Å². The van der Waals surface area contributed by atoms with Gasteiger partial charge in [-0.1, -0.05) is 12.1 Å². The molecule has 7 nitrogen and oxygen atoms in total. The molecular formula is C14H21ClN4O3S. The van der Waals surface area contributed by atoms with Gasteiger partial charge in [0.2, 0.25) is 10.0 Å². The van der Waals surface area contributed by atoms with Gasteiger partial charge in [-0.15, -0.1) is 12.4 Å². The van der Waals surface area contributed by atoms with Gasteiger partial charge in [0.05, 0.1) is 19.5 Å². The van der Waals surface area contributed by atoms with Gasteiger partial charge in [0.1, 0.15) is 16.3 Å². The van der Waals surface area contributed by atoms with Crippen molar-refractivity contribution in [2.45, 2.75) is 17.9 Å². The minimum absolute atomic E-state index is 0. The SMILES string of the molecule is CNC(C)CNS(=O)(=O)c1cnn(-c2ccccc2OC)c1.Cl. The van der Waals surface area contributed by atoms with Crippen LogP contribution in [-0.4, -0.2) is 44.9 Å². The lowest BCUT2D eigenvalue weighted by Crippen LogP contribution is -2.37. The first kappa shape index (κ1) is 19.4. The number of nitrogens with one attached hydrogen (secondary N) is 2. The maximum absolute atomic E-state index is 12.2. The fourth-order valence-corrected chi connectivity index (χ4v) is 2.88. The molecule has 9 heteroatoms. The monoisotopic (exact) mass is 360 g/mol. The summed E-state index contributed by atoms with van der Waals surface area (Å²) >= 11 is 0. The van der Waals surface area contributed by atoms with Gasteiger partial charge in [-0.25, -0.2) is 17.8 Å². The summed E-state index contributed by atoms with van der Waals surface area (Å²) in [7, 11) is -0.254. The molecule has 0 fully saturated rings. The minimum atomic E-state index is -3.59. The second kappa shape index (κ2) is 8.30. The predicted molar refractivity (Wildman–Crippen MR) is 91.1 cm³/mol. The average Bonchev–Trinajstić information content (AvgIpc) is 3.03. The Morgan fingerprint density at radius 1 is 1.35 bits per heavy atom. The summed E-state index contributed by atoms with van der Waals surface area (Å²) in [6.45, 7) is 2.19. The number of ether oxygens (including phenoxy) is 1. The first-order chi connectivity index (χ1) is 10.5. The van der Waals surface area contributed by atoms with E-state index in [9.17, 15) is 8.42 Å². The van der Waals surface area contributed by atoms with Crippen LogP contribution in [0.25, 0.3) is 5.69 Å². The molecule has 1 unspecified atom stereocenters. The van der Waals surface area contributed by atoms with Crippen molar-refractivity contribution < 1.29 is 13.2 Å². The predicted octanol–water partition coefficient (Wildman–Crippen LogP) is 1.19. The molecule has 0 aliphatic carbocycles. The number of methoxy groups -OCH3 is 1. The fraction of sp³-hybridized carbons (Fsp3) is 0.357. The van der Waals surface area contributed by atoms with E-state index in [0.29, 0.717) is 18.0 Å². The van der Waals surface area contributed by atoms with Crippen molar-refractivity contribution in [2.24, 2.45) is 0 Å². The summed E-state index contributed by atoms with van der Waals surface area (Å²) < 4.78 is 33.7. The second-order valence-electron chi connectivity index (χ2n) is 4.83. The van der Waals surface area contributed by atoms with Crippen molar-refractivity contribution in [3.05, 3.63) is 36.7 Å². The number of sulfonamides is 1. The number of halogens is 1. The maximum Gasteiger partial charge on any atom is 0.243 e. The molecule has 0 aliphatic rings. The molecule has 0 radical (unpaired) electrons. The number of likely N-dealkylation sites (N-methyl/N-ethyl adjacent to an activating group) is 1. The molecule has 0 spiro atoms. The van der Waals surface area contributed by atoms with E-state index in [0.717, 1.165) is 0 Å². The van der Waals surface area contributed by atoms with Crippen molar-refractivity contribution in [3.63, 3.8) is 0 Å². The van der Waals surface area contributed by atoms with E-state index in [1.807, 2.05) is 19.1 Å². The van der Waals surface area contributed by atoms with Crippen LogP contribution in [0.1, 0.15) is 6.92 Å². The minimum Gasteiger partial charge on any atom is -0.494 e. The first-order valence-electron chi connectivity index (χ1n) is 6.83. The van der Waals surface area contributed by atoms with Gasteiger partial charge in [0.15, 0.2) is 0 Å². The Kier molecular flexibility index (Phi) is 7.01. The van der Waals surface area contributed by atoms with E-state index in [4.69, 9.17) is 4.74 Å². The molecule has 2 rings (SSSR count). The number of hydrogen-bond acceptors (Lipinski definition) is 5. The zero-order chi connectivity index (χ0) is 16.2. The van der Waals surface area contributed by atoms with E-state index in [1.165, 1.54) is 17.1 Å². The number of rotatable bonds is 7. The summed E-state index contributed by atoms with van der Waals surface area (Å²) in [5.41, 5.74) is 0.676. The van der Waals surface area contributed by atoms with Crippen LogP contribution in [0.2, 0.25) is 0 Å². The quantitative estimate of drug-likeness (QED) is 0.774. The van der Waals surface area contributed by atoms with Crippen LogP contribution in [0, 0.1) is 0 Å². The van der Waals surface area contributed by atoms with Gasteiger partial charge in [-0.2, -0.15) is 5.10 Å². The zero-order valence-corrected chi connectivity index (χ0v) is 14.8. The van der Waals surface area contributed by atoms with Gasteiger partial charge in [-0.05, 0) is 26.1 Å². The highest BCUT2D eigenvalue weighted by Gasteiger charge is 2.18. The summed E-state index contributed by atoms with van der Waals surface area (Å²) in [6, 6.07) is 7.31. The first-order valence-corrected chi connectivity index (χ1v) is 8.31. The van der Waals surface area contributed by atoms with Crippen molar-refractivity contribution in [1.82, 2.24) is 19.8 Å². The Bertz CT molecular complexity index is 733. The highest BCUT2D eigenvalue weighted by atomic mass is 35.5. The molecule has 23 heavy (non-hydrogen) atoms. The van der Waals surface area contributed by atoms with Crippen LogP contribution in [0.15, 0.2) is 41.6 Å². The number of hydrogen-bond donors (Lipinski definition) is 2. The molecule has 1 aromatic heterocycles. The lowest BCUT2D eigenvalue weighted by atomic mass is 10.3. The molecular weight excluding hydrogens is 340 g/mol. The molecule has 0 aliphatic heterocycles. The third-order valence-electron chi connectivity index (χ3n) is 3.27. The Hall–Kier alpha value is -1.61. The lowest BCUT2D eigenvalue weighted by Gasteiger charge is -2.10. The Balaban J connectivity index is 0.00000264. The smallest absolute Gasteiger partial charge is 0.243 e. The summed E-state index contributed by atoms with van der Waals surface area (Å²) in [5.74, 6) is 0.617.